The summed E-state index contributed by atoms with van der Waals surface area (Å²) in [6.07, 6.45) is 0. The molecule has 24 heavy (non-hydrogen) atoms. The first-order chi connectivity index (χ1) is 11.5. The SMILES string of the molecule is Cc1cccc(NC(=O)COC(=O)CSc2ccccc2Cl)c1C. The molecule has 0 saturated carbocycles. The molecule has 0 spiro atoms. The summed E-state index contributed by atoms with van der Waals surface area (Å²) in [6, 6.07) is 12.9. The molecule has 2 aromatic carbocycles. The lowest BCUT2D eigenvalue weighted by Gasteiger charge is -2.10. The highest BCUT2D eigenvalue weighted by molar-refractivity contribution is 8.00. The minimum atomic E-state index is -0.462. The van der Waals surface area contributed by atoms with Crippen molar-refractivity contribution in [2.24, 2.45) is 0 Å². The predicted octanol–water partition coefficient (Wildman–Crippen LogP) is 4.23. The number of carbonyl (C=O) groups excluding carboxylic acids is 2. The van der Waals surface area contributed by atoms with Gasteiger partial charge in [0.2, 0.25) is 0 Å². The zero-order chi connectivity index (χ0) is 17.5. The van der Waals surface area contributed by atoms with Gasteiger partial charge in [-0.15, -0.1) is 11.8 Å². The molecule has 0 unspecified atom stereocenters. The monoisotopic (exact) mass is 363 g/mol. The van der Waals surface area contributed by atoms with Crippen molar-refractivity contribution in [2.45, 2.75) is 18.7 Å². The van der Waals surface area contributed by atoms with Crippen LogP contribution >= 0.6 is 23.4 Å². The number of halogens is 1. The first-order valence-electron chi connectivity index (χ1n) is 7.36. The normalized spacial score (nSPS) is 10.3. The van der Waals surface area contributed by atoms with Crippen molar-refractivity contribution in [3.05, 3.63) is 58.6 Å². The summed E-state index contributed by atoms with van der Waals surface area (Å²) in [5, 5.41) is 3.33. The van der Waals surface area contributed by atoms with Crippen LogP contribution < -0.4 is 5.32 Å². The van der Waals surface area contributed by atoms with Crippen LogP contribution in [0.15, 0.2) is 47.4 Å². The number of amides is 1. The first kappa shape index (κ1) is 18.4. The van der Waals surface area contributed by atoms with Crippen LogP contribution in [0.4, 0.5) is 5.69 Å². The summed E-state index contributed by atoms with van der Waals surface area (Å²) in [5.74, 6) is -0.726. The number of hydrogen-bond donors (Lipinski definition) is 1. The molecule has 0 radical (unpaired) electrons. The quantitative estimate of drug-likeness (QED) is 0.616. The minimum Gasteiger partial charge on any atom is -0.455 e. The van der Waals surface area contributed by atoms with E-state index in [1.807, 2.05) is 50.2 Å². The number of anilines is 1. The lowest BCUT2D eigenvalue weighted by Crippen LogP contribution is -2.22. The van der Waals surface area contributed by atoms with E-state index in [-0.39, 0.29) is 18.3 Å². The molecule has 0 heterocycles. The molecule has 0 aromatic heterocycles. The number of ether oxygens (including phenoxy) is 1. The molecule has 0 fully saturated rings. The molecule has 4 nitrogen and oxygen atoms in total. The number of nitrogens with one attached hydrogen (secondary N) is 1. The average molecular weight is 364 g/mol. The minimum absolute atomic E-state index is 0.0977. The molecule has 1 amide bonds. The average Bonchev–Trinajstić information content (AvgIpc) is 2.56. The number of thioether (sulfide) groups is 1. The smallest absolute Gasteiger partial charge is 0.316 e. The Bertz CT molecular complexity index is 749. The van der Waals surface area contributed by atoms with Crippen molar-refractivity contribution < 1.29 is 14.3 Å². The number of aryl methyl sites for hydroxylation is 1. The second-order valence-corrected chi connectivity index (χ2v) is 6.60. The van der Waals surface area contributed by atoms with E-state index in [1.54, 1.807) is 6.07 Å². The van der Waals surface area contributed by atoms with E-state index in [0.717, 1.165) is 21.7 Å². The summed E-state index contributed by atoms with van der Waals surface area (Å²) < 4.78 is 4.99. The van der Waals surface area contributed by atoms with Gasteiger partial charge in [0.05, 0.1) is 10.8 Å². The maximum atomic E-state index is 11.9. The lowest BCUT2D eigenvalue weighted by atomic mass is 10.1. The topological polar surface area (TPSA) is 55.4 Å². The van der Waals surface area contributed by atoms with Crippen molar-refractivity contribution in [1.29, 1.82) is 0 Å². The molecule has 126 valence electrons. The first-order valence-corrected chi connectivity index (χ1v) is 8.72. The fraction of sp³-hybridized carbons (Fsp3) is 0.222. The van der Waals surface area contributed by atoms with Gasteiger partial charge < -0.3 is 10.1 Å². The molecular formula is C18H18ClNO3S. The van der Waals surface area contributed by atoms with Crippen molar-refractivity contribution in [3.63, 3.8) is 0 Å². The van der Waals surface area contributed by atoms with Crippen LogP contribution in [0.1, 0.15) is 11.1 Å². The Hall–Kier alpha value is -1.98. The van der Waals surface area contributed by atoms with Gasteiger partial charge in [-0.3, -0.25) is 9.59 Å². The lowest BCUT2D eigenvalue weighted by molar-refractivity contribution is -0.144. The van der Waals surface area contributed by atoms with E-state index in [0.29, 0.717) is 5.02 Å². The predicted molar refractivity (Wildman–Crippen MR) is 97.7 cm³/mol. The van der Waals surface area contributed by atoms with Gasteiger partial charge >= 0.3 is 5.97 Å². The summed E-state index contributed by atoms with van der Waals surface area (Å²) in [7, 11) is 0. The van der Waals surface area contributed by atoms with Gasteiger partial charge in [0.15, 0.2) is 6.61 Å². The maximum absolute atomic E-state index is 11.9. The Morgan fingerprint density at radius 1 is 1.12 bits per heavy atom. The number of hydrogen-bond acceptors (Lipinski definition) is 4. The van der Waals surface area contributed by atoms with Gasteiger partial charge in [-0.1, -0.05) is 35.9 Å². The van der Waals surface area contributed by atoms with Gasteiger partial charge in [-0.25, -0.2) is 0 Å². The van der Waals surface area contributed by atoms with Crippen molar-refractivity contribution in [1.82, 2.24) is 0 Å². The van der Waals surface area contributed by atoms with Crippen LogP contribution in [0.25, 0.3) is 0 Å². The van der Waals surface area contributed by atoms with Crippen LogP contribution in [-0.2, 0) is 14.3 Å². The Labute approximate surface area is 150 Å². The highest BCUT2D eigenvalue weighted by Gasteiger charge is 2.11. The van der Waals surface area contributed by atoms with Crippen molar-refractivity contribution in [3.8, 4) is 0 Å². The van der Waals surface area contributed by atoms with Crippen LogP contribution in [0.2, 0.25) is 5.02 Å². The molecule has 0 aliphatic carbocycles. The summed E-state index contributed by atoms with van der Waals surface area (Å²) >= 11 is 7.29. The van der Waals surface area contributed by atoms with Gasteiger partial charge in [0.25, 0.3) is 5.91 Å². The summed E-state index contributed by atoms with van der Waals surface area (Å²) in [4.78, 5) is 24.4. The third-order valence-electron chi connectivity index (χ3n) is 3.43. The van der Waals surface area contributed by atoms with E-state index in [9.17, 15) is 9.59 Å². The second kappa shape index (κ2) is 8.76. The third-order valence-corrected chi connectivity index (χ3v) is 4.91. The Morgan fingerprint density at radius 3 is 2.62 bits per heavy atom. The van der Waals surface area contributed by atoms with Gasteiger partial charge in [0, 0.05) is 10.6 Å². The molecule has 1 N–H and O–H groups in total. The van der Waals surface area contributed by atoms with Crippen LogP contribution in [0.5, 0.6) is 0 Å². The zero-order valence-corrected chi connectivity index (χ0v) is 15.0. The van der Waals surface area contributed by atoms with Crippen LogP contribution in [0, 0.1) is 13.8 Å². The van der Waals surface area contributed by atoms with E-state index >= 15 is 0 Å². The fourth-order valence-corrected chi connectivity index (χ4v) is 3.00. The largest absolute Gasteiger partial charge is 0.455 e. The molecule has 2 rings (SSSR count). The van der Waals surface area contributed by atoms with E-state index in [1.165, 1.54) is 11.8 Å². The molecule has 2 aromatic rings. The maximum Gasteiger partial charge on any atom is 0.316 e. The second-order valence-electron chi connectivity index (χ2n) is 5.18. The Balaban J connectivity index is 1.78. The number of benzene rings is 2. The van der Waals surface area contributed by atoms with Crippen LogP contribution in [-0.4, -0.2) is 24.2 Å². The van der Waals surface area contributed by atoms with Crippen molar-refractivity contribution in [2.75, 3.05) is 17.7 Å². The Morgan fingerprint density at radius 2 is 1.88 bits per heavy atom. The molecule has 0 saturated heterocycles. The third kappa shape index (κ3) is 5.28. The van der Waals surface area contributed by atoms with Gasteiger partial charge in [-0.2, -0.15) is 0 Å². The molecule has 0 atom stereocenters. The Kier molecular flexibility index (Phi) is 6.70. The van der Waals surface area contributed by atoms with Gasteiger partial charge in [-0.05, 0) is 43.2 Å². The van der Waals surface area contributed by atoms with Crippen molar-refractivity contribution >= 4 is 40.9 Å². The standard InChI is InChI=1S/C18H18ClNO3S/c1-12-6-5-8-15(13(12)2)20-17(21)10-23-18(22)11-24-16-9-4-3-7-14(16)19/h3-9H,10-11H2,1-2H3,(H,20,21). The zero-order valence-electron chi connectivity index (χ0n) is 13.5. The highest BCUT2D eigenvalue weighted by atomic mass is 35.5. The number of carbonyl (C=O) groups is 2. The molecule has 0 bridgehead atoms. The number of esters is 1. The van der Waals surface area contributed by atoms with E-state index in [2.05, 4.69) is 5.32 Å². The molecule has 6 heteroatoms. The molecule has 0 aliphatic rings. The fourth-order valence-electron chi connectivity index (χ4n) is 1.96. The summed E-state index contributed by atoms with van der Waals surface area (Å²) in [6.45, 7) is 3.59. The summed E-state index contributed by atoms with van der Waals surface area (Å²) in [5.41, 5.74) is 2.80. The molecule has 0 aliphatic heterocycles. The number of rotatable bonds is 6. The molecular weight excluding hydrogens is 346 g/mol. The van der Waals surface area contributed by atoms with Crippen LogP contribution in [0.3, 0.4) is 0 Å². The van der Waals surface area contributed by atoms with E-state index in [4.69, 9.17) is 16.3 Å². The highest BCUT2D eigenvalue weighted by Crippen LogP contribution is 2.26. The van der Waals surface area contributed by atoms with Gasteiger partial charge in [0.1, 0.15) is 0 Å². The van der Waals surface area contributed by atoms with E-state index < -0.39 is 5.97 Å².